The third-order valence-electron chi connectivity index (χ3n) is 4.73. The van der Waals surface area contributed by atoms with Crippen molar-refractivity contribution in [3.8, 4) is 0 Å². The first-order valence-electron chi connectivity index (χ1n) is 8.52. The minimum absolute atomic E-state index is 0.0824. The quantitative estimate of drug-likeness (QED) is 0.624. The Morgan fingerprint density at radius 3 is 2.46 bits per heavy atom. The van der Waals surface area contributed by atoms with Gasteiger partial charge in [-0.3, -0.25) is 14.9 Å². The Balaban J connectivity index is 1.49. The molecule has 0 radical (unpaired) electrons. The Hall–Kier alpha value is -2.15. The molecule has 130 valence electrons. The highest BCUT2D eigenvalue weighted by atomic mass is 16.6. The van der Waals surface area contributed by atoms with Crippen LogP contribution in [0.15, 0.2) is 24.3 Å². The molecular weight excluding hydrogens is 310 g/mol. The molecule has 2 heterocycles. The first kappa shape index (κ1) is 16.7. The zero-order valence-corrected chi connectivity index (χ0v) is 13.7. The summed E-state index contributed by atoms with van der Waals surface area (Å²) in [6.07, 6.45) is 3.79. The van der Waals surface area contributed by atoms with E-state index >= 15 is 0 Å². The second-order valence-corrected chi connectivity index (χ2v) is 6.33. The van der Waals surface area contributed by atoms with Crippen LogP contribution in [0, 0.1) is 10.1 Å². The maximum atomic E-state index is 12.4. The Labute approximate surface area is 141 Å². The number of non-ortho nitro benzene ring substituents is 1. The Kier molecular flexibility index (Phi) is 5.30. The van der Waals surface area contributed by atoms with E-state index in [2.05, 4.69) is 4.90 Å². The molecule has 0 saturated carbocycles. The van der Waals surface area contributed by atoms with Crippen LogP contribution in [0.4, 0.5) is 11.4 Å². The predicted molar refractivity (Wildman–Crippen MR) is 90.1 cm³/mol. The third-order valence-corrected chi connectivity index (χ3v) is 4.73. The molecular formula is C17H23N3O4. The molecule has 1 aromatic carbocycles. The van der Waals surface area contributed by atoms with Gasteiger partial charge in [-0.2, -0.15) is 0 Å². The first-order valence-corrected chi connectivity index (χ1v) is 8.52. The van der Waals surface area contributed by atoms with Crippen LogP contribution in [-0.4, -0.2) is 54.6 Å². The van der Waals surface area contributed by atoms with Crippen molar-refractivity contribution in [1.82, 2.24) is 4.90 Å². The van der Waals surface area contributed by atoms with Gasteiger partial charge in [0.2, 0.25) is 5.91 Å². The second-order valence-electron chi connectivity index (χ2n) is 6.33. The maximum Gasteiger partial charge on any atom is 0.269 e. The summed E-state index contributed by atoms with van der Waals surface area (Å²) < 4.78 is 5.65. The summed E-state index contributed by atoms with van der Waals surface area (Å²) >= 11 is 0. The van der Waals surface area contributed by atoms with Crippen molar-refractivity contribution in [2.75, 3.05) is 37.7 Å². The highest BCUT2D eigenvalue weighted by molar-refractivity contribution is 5.77. The molecule has 7 heteroatoms. The highest BCUT2D eigenvalue weighted by Crippen LogP contribution is 2.21. The minimum atomic E-state index is -0.395. The summed E-state index contributed by atoms with van der Waals surface area (Å²) in [5, 5.41) is 10.7. The van der Waals surface area contributed by atoms with Crippen molar-refractivity contribution >= 4 is 17.3 Å². The van der Waals surface area contributed by atoms with Gasteiger partial charge in [-0.1, -0.05) is 0 Å². The lowest BCUT2D eigenvalue weighted by molar-refractivity contribution is -0.384. The first-order chi connectivity index (χ1) is 11.6. The van der Waals surface area contributed by atoms with Gasteiger partial charge in [0.05, 0.1) is 17.4 Å². The van der Waals surface area contributed by atoms with E-state index in [-0.39, 0.29) is 17.7 Å². The summed E-state index contributed by atoms with van der Waals surface area (Å²) in [7, 11) is 0. The molecule has 2 fully saturated rings. The van der Waals surface area contributed by atoms with E-state index in [9.17, 15) is 14.9 Å². The lowest BCUT2D eigenvalue weighted by Gasteiger charge is -2.37. The standard InChI is InChI=1S/C17H23N3O4/c21-17(13-16-3-1-2-12-24-16)19-10-8-18(9-11-19)14-4-6-15(7-5-14)20(22)23/h4-7,16H,1-3,8-13H2. The van der Waals surface area contributed by atoms with E-state index in [0.29, 0.717) is 19.5 Å². The van der Waals surface area contributed by atoms with Crippen LogP contribution in [-0.2, 0) is 9.53 Å². The van der Waals surface area contributed by atoms with Crippen molar-refractivity contribution in [1.29, 1.82) is 0 Å². The van der Waals surface area contributed by atoms with Gasteiger partial charge in [0.25, 0.3) is 5.69 Å². The molecule has 0 N–H and O–H groups in total. The fraction of sp³-hybridized carbons (Fsp3) is 0.588. The van der Waals surface area contributed by atoms with Gasteiger partial charge in [-0.05, 0) is 31.4 Å². The van der Waals surface area contributed by atoms with Crippen LogP contribution >= 0.6 is 0 Å². The summed E-state index contributed by atoms with van der Waals surface area (Å²) in [4.78, 5) is 26.8. The summed E-state index contributed by atoms with van der Waals surface area (Å²) in [6, 6.07) is 6.58. The number of nitrogens with zero attached hydrogens (tertiary/aromatic N) is 3. The van der Waals surface area contributed by atoms with Gasteiger partial charge in [-0.15, -0.1) is 0 Å². The van der Waals surface area contributed by atoms with Crippen LogP contribution in [0.25, 0.3) is 0 Å². The van der Waals surface area contributed by atoms with Crippen molar-refractivity contribution in [2.45, 2.75) is 31.8 Å². The van der Waals surface area contributed by atoms with Crippen LogP contribution < -0.4 is 4.90 Å². The normalized spacial score (nSPS) is 21.6. The predicted octanol–water partition coefficient (Wildman–Crippen LogP) is 2.20. The largest absolute Gasteiger partial charge is 0.378 e. The molecule has 1 unspecified atom stereocenters. The van der Waals surface area contributed by atoms with Crippen molar-refractivity contribution < 1.29 is 14.5 Å². The molecule has 24 heavy (non-hydrogen) atoms. The monoisotopic (exact) mass is 333 g/mol. The molecule has 1 aromatic rings. The number of hydrogen-bond acceptors (Lipinski definition) is 5. The number of nitro groups is 1. The molecule has 2 aliphatic heterocycles. The van der Waals surface area contributed by atoms with Crippen molar-refractivity contribution in [2.24, 2.45) is 0 Å². The number of benzene rings is 1. The minimum Gasteiger partial charge on any atom is -0.378 e. The number of amides is 1. The Morgan fingerprint density at radius 2 is 1.88 bits per heavy atom. The number of carbonyl (C=O) groups is 1. The smallest absolute Gasteiger partial charge is 0.269 e. The van der Waals surface area contributed by atoms with Gasteiger partial charge in [-0.25, -0.2) is 0 Å². The molecule has 0 aromatic heterocycles. The fourth-order valence-electron chi connectivity index (χ4n) is 3.29. The van der Waals surface area contributed by atoms with E-state index in [0.717, 1.165) is 44.6 Å². The Bertz CT molecular complexity index is 576. The highest BCUT2D eigenvalue weighted by Gasteiger charge is 2.25. The average Bonchev–Trinajstić information content (AvgIpc) is 2.63. The molecule has 2 aliphatic rings. The van der Waals surface area contributed by atoms with E-state index in [1.165, 1.54) is 12.1 Å². The number of rotatable bonds is 4. The molecule has 0 spiro atoms. The molecule has 1 amide bonds. The molecule has 0 aliphatic carbocycles. The van der Waals surface area contributed by atoms with E-state index in [1.54, 1.807) is 12.1 Å². The van der Waals surface area contributed by atoms with Gasteiger partial charge in [0.1, 0.15) is 0 Å². The molecule has 0 bridgehead atoms. The van der Waals surface area contributed by atoms with Gasteiger partial charge < -0.3 is 14.5 Å². The van der Waals surface area contributed by atoms with Crippen LogP contribution in [0.5, 0.6) is 0 Å². The SMILES string of the molecule is O=C(CC1CCCCO1)N1CCN(c2ccc([N+](=O)[O-])cc2)CC1. The third kappa shape index (κ3) is 4.03. The maximum absolute atomic E-state index is 12.4. The number of anilines is 1. The van der Waals surface area contributed by atoms with Crippen molar-refractivity contribution in [3.05, 3.63) is 34.4 Å². The topological polar surface area (TPSA) is 75.9 Å². The van der Waals surface area contributed by atoms with Crippen LogP contribution in [0.1, 0.15) is 25.7 Å². The summed E-state index contributed by atoms with van der Waals surface area (Å²) in [5.74, 6) is 0.172. The second kappa shape index (κ2) is 7.61. The van der Waals surface area contributed by atoms with Crippen LogP contribution in [0.2, 0.25) is 0 Å². The molecule has 7 nitrogen and oxygen atoms in total. The Morgan fingerprint density at radius 1 is 1.17 bits per heavy atom. The van der Waals surface area contributed by atoms with Crippen LogP contribution in [0.3, 0.4) is 0 Å². The lowest BCUT2D eigenvalue weighted by atomic mass is 10.1. The van der Waals surface area contributed by atoms with E-state index in [1.807, 2.05) is 4.90 Å². The number of piperazine rings is 1. The summed E-state index contributed by atoms with van der Waals surface area (Å²) in [6.45, 7) is 3.63. The zero-order valence-electron chi connectivity index (χ0n) is 13.7. The van der Waals surface area contributed by atoms with E-state index in [4.69, 9.17) is 4.74 Å². The zero-order chi connectivity index (χ0) is 16.9. The van der Waals surface area contributed by atoms with Gasteiger partial charge >= 0.3 is 0 Å². The number of carbonyl (C=O) groups excluding carboxylic acids is 1. The average molecular weight is 333 g/mol. The van der Waals surface area contributed by atoms with E-state index < -0.39 is 4.92 Å². The number of hydrogen-bond donors (Lipinski definition) is 0. The number of ether oxygens (including phenoxy) is 1. The molecule has 1 atom stereocenters. The van der Waals surface area contributed by atoms with Gasteiger partial charge in [0.15, 0.2) is 0 Å². The lowest BCUT2D eigenvalue weighted by Crippen LogP contribution is -2.49. The molecule has 3 rings (SSSR count). The fourth-order valence-corrected chi connectivity index (χ4v) is 3.29. The van der Waals surface area contributed by atoms with Gasteiger partial charge in [0, 0.05) is 50.6 Å². The molecule has 2 saturated heterocycles. The summed E-state index contributed by atoms with van der Waals surface area (Å²) in [5.41, 5.74) is 1.06. The number of nitro benzene ring substituents is 1. The van der Waals surface area contributed by atoms with Crippen molar-refractivity contribution in [3.63, 3.8) is 0 Å².